The molecule has 0 bridgehead atoms. The number of phenolic OH excluding ortho intramolecular Hbond substituents is 1. The molecule has 0 radical (unpaired) electrons. The summed E-state index contributed by atoms with van der Waals surface area (Å²) >= 11 is 0. The lowest BCUT2D eigenvalue weighted by Gasteiger charge is -2.10. The van der Waals surface area contributed by atoms with Gasteiger partial charge in [0.2, 0.25) is 0 Å². The van der Waals surface area contributed by atoms with Gasteiger partial charge in [-0.3, -0.25) is 0 Å². The monoisotopic (exact) mass is 191 g/mol. The number of halogens is 3. The molecule has 72 valence electrons. The molecule has 0 aliphatic heterocycles. The van der Waals surface area contributed by atoms with Crippen LogP contribution in [0.5, 0.6) is 5.75 Å². The van der Waals surface area contributed by atoms with E-state index in [2.05, 4.69) is 0 Å². The summed E-state index contributed by atoms with van der Waals surface area (Å²) in [7, 11) is 0. The van der Waals surface area contributed by atoms with Crippen molar-refractivity contribution in [3.05, 3.63) is 29.3 Å². The van der Waals surface area contributed by atoms with Gasteiger partial charge in [-0.05, 0) is 0 Å². The minimum Gasteiger partial charge on any atom is -0.507 e. The van der Waals surface area contributed by atoms with Crippen LogP contribution in [-0.2, 0) is 0 Å². The third-order valence-electron chi connectivity index (χ3n) is 1.61. The van der Waals surface area contributed by atoms with Gasteiger partial charge in [-0.1, -0.05) is 0 Å². The second kappa shape index (κ2) is 3.66. The Balaban J connectivity index is 3.20. The summed E-state index contributed by atoms with van der Waals surface area (Å²) in [4.78, 5) is 0. The fraction of sp³-hybridized carbons (Fsp3) is 0.250. The highest BCUT2D eigenvalue weighted by molar-refractivity contribution is 5.36. The summed E-state index contributed by atoms with van der Waals surface area (Å²) in [6.07, 6.45) is 0. The summed E-state index contributed by atoms with van der Waals surface area (Å²) in [6, 6.07) is -0.0287. The maximum Gasteiger partial charge on any atom is 0.134 e. The Morgan fingerprint density at radius 1 is 1.38 bits per heavy atom. The Labute approximate surface area is 72.8 Å². The van der Waals surface area contributed by atoms with Gasteiger partial charge in [0.1, 0.15) is 24.1 Å². The Bertz CT molecular complexity index is 293. The molecule has 0 aliphatic rings. The van der Waals surface area contributed by atoms with Crippen molar-refractivity contribution in [2.45, 2.75) is 6.04 Å². The molecule has 13 heavy (non-hydrogen) atoms. The molecule has 2 nitrogen and oxygen atoms in total. The molecule has 0 unspecified atom stereocenters. The zero-order valence-electron chi connectivity index (χ0n) is 6.60. The topological polar surface area (TPSA) is 46.2 Å². The average Bonchev–Trinajstić information content (AvgIpc) is 2.02. The van der Waals surface area contributed by atoms with Crippen LogP contribution >= 0.6 is 0 Å². The van der Waals surface area contributed by atoms with E-state index in [9.17, 15) is 13.2 Å². The largest absolute Gasteiger partial charge is 0.507 e. The number of nitrogens with two attached hydrogens (primary N) is 1. The van der Waals surface area contributed by atoms with Crippen molar-refractivity contribution in [1.82, 2.24) is 0 Å². The standard InChI is InChI=1S/C8H8F3NO/c9-3-6(12)8-5(11)1-4(10)2-7(8)13/h1-2,6,13H,3,12H2/t6-/m0/s1. The van der Waals surface area contributed by atoms with Crippen LogP contribution in [0, 0.1) is 11.6 Å². The summed E-state index contributed by atoms with van der Waals surface area (Å²) in [5, 5.41) is 9.05. The Morgan fingerprint density at radius 3 is 2.46 bits per heavy atom. The third kappa shape index (κ3) is 1.92. The SMILES string of the molecule is N[C@@H](CF)c1c(O)cc(F)cc1F. The number of hydrogen-bond acceptors (Lipinski definition) is 2. The van der Waals surface area contributed by atoms with E-state index in [0.717, 1.165) is 0 Å². The van der Waals surface area contributed by atoms with Crippen LogP contribution in [0.3, 0.4) is 0 Å². The van der Waals surface area contributed by atoms with E-state index in [0.29, 0.717) is 12.1 Å². The zero-order chi connectivity index (χ0) is 10.0. The molecule has 1 aromatic rings. The van der Waals surface area contributed by atoms with Gasteiger partial charge in [-0.15, -0.1) is 0 Å². The van der Waals surface area contributed by atoms with Crippen LogP contribution in [-0.4, -0.2) is 11.8 Å². The molecule has 1 aromatic carbocycles. The first-order valence-corrected chi connectivity index (χ1v) is 3.55. The molecular weight excluding hydrogens is 183 g/mol. The van der Waals surface area contributed by atoms with Crippen LogP contribution in [0.15, 0.2) is 12.1 Å². The first-order valence-electron chi connectivity index (χ1n) is 3.55. The van der Waals surface area contributed by atoms with Crippen molar-refractivity contribution in [3.63, 3.8) is 0 Å². The zero-order valence-corrected chi connectivity index (χ0v) is 6.60. The van der Waals surface area contributed by atoms with Crippen molar-refractivity contribution in [3.8, 4) is 5.75 Å². The van der Waals surface area contributed by atoms with Crippen molar-refractivity contribution in [1.29, 1.82) is 0 Å². The number of phenols is 1. The predicted octanol–water partition coefficient (Wildman–Crippen LogP) is 1.64. The van der Waals surface area contributed by atoms with E-state index in [1.54, 1.807) is 0 Å². The van der Waals surface area contributed by atoms with Gasteiger partial charge in [-0.25, -0.2) is 13.2 Å². The van der Waals surface area contributed by atoms with Gasteiger partial charge in [0.05, 0.1) is 6.04 Å². The summed E-state index contributed by atoms with van der Waals surface area (Å²) in [5.74, 6) is -2.63. The lowest BCUT2D eigenvalue weighted by Crippen LogP contribution is -2.14. The highest BCUT2D eigenvalue weighted by Gasteiger charge is 2.17. The molecule has 0 spiro atoms. The molecule has 5 heteroatoms. The van der Waals surface area contributed by atoms with E-state index in [1.807, 2.05) is 0 Å². The maximum atomic E-state index is 12.9. The minimum absolute atomic E-state index is 0.399. The number of alkyl halides is 1. The van der Waals surface area contributed by atoms with Crippen molar-refractivity contribution < 1.29 is 18.3 Å². The van der Waals surface area contributed by atoms with Crippen LogP contribution < -0.4 is 5.73 Å². The molecule has 0 heterocycles. The van der Waals surface area contributed by atoms with Crippen LogP contribution in [0.2, 0.25) is 0 Å². The molecule has 0 saturated carbocycles. The van der Waals surface area contributed by atoms with Gasteiger partial charge in [0.25, 0.3) is 0 Å². The first kappa shape index (κ1) is 9.85. The van der Waals surface area contributed by atoms with Gasteiger partial charge in [-0.2, -0.15) is 0 Å². The Hall–Kier alpha value is -1.23. The quantitative estimate of drug-likeness (QED) is 0.746. The highest BCUT2D eigenvalue weighted by atomic mass is 19.1. The van der Waals surface area contributed by atoms with Crippen molar-refractivity contribution in [2.24, 2.45) is 5.73 Å². The van der Waals surface area contributed by atoms with Gasteiger partial charge in [0.15, 0.2) is 0 Å². The van der Waals surface area contributed by atoms with E-state index in [4.69, 9.17) is 10.8 Å². The Kier molecular flexibility index (Phi) is 2.77. The smallest absolute Gasteiger partial charge is 0.134 e. The van der Waals surface area contributed by atoms with Crippen LogP contribution in [0.4, 0.5) is 13.2 Å². The summed E-state index contributed by atoms with van der Waals surface area (Å²) in [6.45, 7) is -1.02. The highest BCUT2D eigenvalue weighted by Crippen LogP contribution is 2.26. The van der Waals surface area contributed by atoms with Crippen LogP contribution in [0.25, 0.3) is 0 Å². The lowest BCUT2D eigenvalue weighted by atomic mass is 10.1. The van der Waals surface area contributed by atoms with Gasteiger partial charge in [0, 0.05) is 17.7 Å². The molecule has 0 fully saturated rings. The van der Waals surface area contributed by atoms with Crippen molar-refractivity contribution in [2.75, 3.05) is 6.67 Å². The molecule has 0 saturated heterocycles. The minimum atomic E-state index is -1.26. The normalized spacial score (nSPS) is 12.9. The average molecular weight is 191 g/mol. The second-order valence-corrected chi connectivity index (χ2v) is 2.58. The first-order chi connectivity index (χ1) is 6.06. The third-order valence-corrected chi connectivity index (χ3v) is 1.61. The molecule has 0 aliphatic carbocycles. The second-order valence-electron chi connectivity index (χ2n) is 2.58. The van der Waals surface area contributed by atoms with Gasteiger partial charge < -0.3 is 10.8 Å². The lowest BCUT2D eigenvalue weighted by molar-refractivity contribution is 0.397. The van der Waals surface area contributed by atoms with Gasteiger partial charge >= 0.3 is 0 Å². The number of hydrogen-bond donors (Lipinski definition) is 2. The molecule has 3 N–H and O–H groups in total. The van der Waals surface area contributed by atoms with E-state index in [-0.39, 0.29) is 0 Å². The molecule has 1 atom stereocenters. The van der Waals surface area contributed by atoms with E-state index in [1.165, 1.54) is 0 Å². The van der Waals surface area contributed by atoms with E-state index >= 15 is 0 Å². The van der Waals surface area contributed by atoms with Crippen LogP contribution in [0.1, 0.15) is 11.6 Å². The maximum absolute atomic E-state index is 12.9. The molecule has 0 aromatic heterocycles. The summed E-state index contributed by atoms with van der Waals surface area (Å²) in [5.41, 5.74) is 4.75. The predicted molar refractivity (Wildman–Crippen MR) is 40.9 cm³/mol. The number of benzene rings is 1. The van der Waals surface area contributed by atoms with E-state index < -0.39 is 35.7 Å². The molecule has 0 amide bonds. The van der Waals surface area contributed by atoms with Crippen molar-refractivity contribution >= 4 is 0 Å². The molecular formula is C8H8F3NO. The number of rotatable bonds is 2. The Morgan fingerprint density at radius 2 is 2.00 bits per heavy atom. The fourth-order valence-electron chi connectivity index (χ4n) is 1.02. The molecule has 1 rings (SSSR count). The fourth-order valence-corrected chi connectivity index (χ4v) is 1.02. The number of aromatic hydroxyl groups is 1. The summed E-state index contributed by atoms with van der Waals surface area (Å²) < 4.78 is 37.4.